The zero-order chi connectivity index (χ0) is 9.68. The van der Waals surface area contributed by atoms with Crippen molar-refractivity contribution in [3.63, 3.8) is 0 Å². The summed E-state index contributed by atoms with van der Waals surface area (Å²) in [7, 11) is 0. The van der Waals surface area contributed by atoms with Gasteiger partial charge in [0.2, 0.25) is 0 Å². The average molecular weight is 178 g/mol. The highest BCUT2D eigenvalue weighted by molar-refractivity contribution is 5.96. The zero-order valence-electron chi connectivity index (χ0n) is 7.79. The van der Waals surface area contributed by atoms with E-state index in [1.165, 1.54) is 0 Å². The minimum absolute atomic E-state index is 0.149. The van der Waals surface area contributed by atoms with Crippen LogP contribution in [0.25, 0.3) is 0 Å². The van der Waals surface area contributed by atoms with E-state index < -0.39 is 0 Å². The third-order valence-corrected chi connectivity index (χ3v) is 1.86. The minimum Gasteiger partial charge on any atom is -0.384 e. The van der Waals surface area contributed by atoms with Gasteiger partial charge in [-0.3, -0.25) is 4.79 Å². The fourth-order valence-corrected chi connectivity index (χ4v) is 1.10. The summed E-state index contributed by atoms with van der Waals surface area (Å²) in [5.74, 6) is 0.554. The van der Waals surface area contributed by atoms with Crippen molar-refractivity contribution >= 4 is 11.6 Å². The van der Waals surface area contributed by atoms with Crippen molar-refractivity contribution in [1.29, 1.82) is 0 Å². The Labute approximate surface area is 78.0 Å². The van der Waals surface area contributed by atoms with Gasteiger partial charge in [-0.2, -0.15) is 0 Å². The maximum absolute atomic E-state index is 11.5. The van der Waals surface area contributed by atoms with Gasteiger partial charge in [0.25, 0.3) is 0 Å². The number of carbonyl (C=O) groups excluding carboxylic acids is 1. The van der Waals surface area contributed by atoms with E-state index in [1.54, 1.807) is 18.3 Å². The van der Waals surface area contributed by atoms with Gasteiger partial charge in [-0.05, 0) is 18.6 Å². The highest BCUT2D eigenvalue weighted by atomic mass is 16.1. The van der Waals surface area contributed by atoms with Crippen LogP contribution in [0.4, 0.5) is 5.82 Å². The van der Waals surface area contributed by atoms with Crippen molar-refractivity contribution < 1.29 is 4.79 Å². The molecule has 0 saturated carbocycles. The molecule has 0 fully saturated rings. The number of nitrogens with two attached hydrogens (primary N) is 1. The second-order valence-corrected chi connectivity index (χ2v) is 3.00. The van der Waals surface area contributed by atoms with E-state index in [1.807, 2.05) is 0 Å². The summed E-state index contributed by atoms with van der Waals surface area (Å²) in [4.78, 5) is 15.3. The maximum Gasteiger partial charge on any atom is 0.163 e. The molecule has 0 aliphatic heterocycles. The van der Waals surface area contributed by atoms with E-state index >= 15 is 0 Å². The number of aromatic nitrogens is 1. The summed E-state index contributed by atoms with van der Waals surface area (Å²) in [6.45, 7) is 2.06. The first-order chi connectivity index (χ1) is 6.24. The number of rotatable bonds is 4. The predicted molar refractivity (Wildman–Crippen MR) is 52.5 cm³/mol. The predicted octanol–water partition coefficient (Wildman–Crippen LogP) is 2.04. The molecular weight excluding hydrogens is 164 g/mol. The Hall–Kier alpha value is -1.38. The lowest BCUT2D eigenvalue weighted by Gasteiger charge is -1.99. The third-order valence-electron chi connectivity index (χ3n) is 1.86. The number of unbranched alkanes of at least 4 members (excludes halogenated alkanes) is 1. The second-order valence-electron chi connectivity index (χ2n) is 3.00. The van der Waals surface area contributed by atoms with Crippen LogP contribution in [0.5, 0.6) is 0 Å². The number of hydrogen-bond acceptors (Lipinski definition) is 3. The van der Waals surface area contributed by atoms with Gasteiger partial charge in [-0.1, -0.05) is 13.3 Å². The Morgan fingerprint density at radius 3 is 3.00 bits per heavy atom. The number of nitrogens with zero attached hydrogens (tertiary/aromatic N) is 1. The summed E-state index contributed by atoms with van der Waals surface area (Å²) >= 11 is 0. The van der Waals surface area contributed by atoms with Crippen LogP contribution >= 0.6 is 0 Å². The van der Waals surface area contributed by atoms with Crippen molar-refractivity contribution in [2.24, 2.45) is 0 Å². The van der Waals surface area contributed by atoms with Gasteiger partial charge < -0.3 is 5.73 Å². The van der Waals surface area contributed by atoms with E-state index in [4.69, 9.17) is 5.73 Å². The molecule has 0 saturated heterocycles. The van der Waals surface area contributed by atoms with Gasteiger partial charge in [-0.25, -0.2) is 4.98 Å². The molecule has 1 rings (SSSR count). The minimum atomic E-state index is 0.149. The first-order valence-corrected chi connectivity index (χ1v) is 4.48. The molecule has 1 heterocycles. The van der Waals surface area contributed by atoms with Crippen LogP contribution in [0.3, 0.4) is 0 Å². The largest absolute Gasteiger partial charge is 0.384 e. The van der Waals surface area contributed by atoms with Gasteiger partial charge in [-0.15, -0.1) is 0 Å². The fraction of sp³-hybridized carbons (Fsp3) is 0.400. The van der Waals surface area contributed by atoms with Crippen LogP contribution in [-0.4, -0.2) is 10.8 Å². The number of hydrogen-bond donors (Lipinski definition) is 1. The summed E-state index contributed by atoms with van der Waals surface area (Å²) in [6, 6.07) is 3.33. The summed E-state index contributed by atoms with van der Waals surface area (Å²) < 4.78 is 0. The molecule has 1 aromatic rings. The molecule has 70 valence electrons. The van der Waals surface area contributed by atoms with Gasteiger partial charge >= 0.3 is 0 Å². The molecule has 0 spiro atoms. The normalized spacial score (nSPS) is 9.92. The van der Waals surface area contributed by atoms with Crippen LogP contribution in [0.2, 0.25) is 0 Å². The number of Topliss-reactive ketones (excluding diaryl/α,β-unsaturated/α-hetero) is 1. The van der Waals surface area contributed by atoms with Crippen molar-refractivity contribution in [1.82, 2.24) is 4.98 Å². The lowest BCUT2D eigenvalue weighted by Crippen LogP contribution is -2.00. The number of anilines is 1. The van der Waals surface area contributed by atoms with Crippen LogP contribution in [-0.2, 0) is 0 Å². The van der Waals surface area contributed by atoms with Crippen molar-refractivity contribution in [3.8, 4) is 0 Å². The molecular formula is C10H14N2O. The number of nitrogen functional groups attached to an aromatic ring is 1. The van der Waals surface area contributed by atoms with Gasteiger partial charge in [0.1, 0.15) is 5.82 Å². The molecule has 0 aliphatic rings. The number of carbonyl (C=O) groups is 1. The summed E-state index contributed by atoms with van der Waals surface area (Å²) in [6.07, 6.45) is 4.13. The Morgan fingerprint density at radius 2 is 2.38 bits per heavy atom. The molecule has 3 nitrogen and oxygen atoms in total. The molecule has 2 N–H and O–H groups in total. The van der Waals surface area contributed by atoms with Crippen molar-refractivity contribution in [3.05, 3.63) is 23.9 Å². The lowest BCUT2D eigenvalue weighted by molar-refractivity contribution is 0.0979. The molecule has 13 heavy (non-hydrogen) atoms. The molecule has 1 aromatic heterocycles. The molecule has 3 heteroatoms. The Kier molecular flexibility index (Phi) is 3.43. The highest BCUT2D eigenvalue weighted by Gasteiger charge is 2.04. The molecule has 0 atom stereocenters. The smallest absolute Gasteiger partial charge is 0.163 e. The van der Waals surface area contributed by atoms with Crippen LogP contribution < -0.4 is 5.73 Å². The van der Waals surface area contributed by atoms with Crippen LogP contribution in [0, 0.1) is 0 Å². The molecule has 0 bridgehead atoms. The van der Waals surface area contributed by atoms with Crippen LogP contribution in [0.1, 0.15) is 36.5 Å². The highest BCUT2D eigenvalue weighted by Crippen LogP contribution is 2.08. The average Bonchev–Trinajstić information content (AvgIpc) is 2.14. The van der Waals surface area contributed by atoms with E-state index in [9.17, 15) is 4.79 Å². The van der Waals surface area contributed by atoms with E-state index in [0.717, 1.165) is 12.8 Å². The third kappa shape index (κ3) is 2.86. The topological polar surface area (TPSA) is 56.0 Å². The van der Waals surface area contributed by atoms with E-state index in [-0.39, 0.29) is 5.78 Å². The van der Waals surface area contributed by atoms with Gasteiger partial charge in [0, 0.05) is 18.2 Å². The maximum atomic E-state index is 11.5. The van der Waals surface area contributed by atoms with Crippen molar-refractivity contribution in [2.45, 2.75) is 26.2 Å². The quantitative estimate of drug-likeness (QED) is 0.718. The SMILES string of the molecule is CCCCC(=O)c1ccnc(N)c1. The van der Waals surface area contributed by atoms with Crippen LogP contribution in [0.15, 0.2) is 18.3 Å². The van der Waals surface area contributed by atoms with Crippen molar-refractivity contribution in [2.75, 3.05) is 5.73 Å². The summed E-state index contributed by atoms with van der Waals surface area (Å²) in [5, 5.41) is 0. The Morgan fingerprint density at radius 1 is 1.62 bits per heavy atom. The second kappa shape index (κ2) is 4.60. The number of ketones is 1. The van der Waals surface area contributed by atoms with Gasteiger partial charge in [0.05, 0.1) is 0 Å². The fourth-order valence-electron chi connectivity index (χ4n) is 1.10. The molecule has 0 unspecified atom stereocenters. The first-order valence-electron chi connectivity index (χ1n) is 4.48. The Bertz CT molecular complexity index is 297. The number of pyridine rings is 1. The molecule has 0 aromatic carbocycles. The van der Waals surface area contributed by atoms with E-state index in [2.05, 4.69) is 11.9 Å². The standard InChI is InChI=1S/C10H14N2O/c1-2-3-4-9(13)8-5-6-12-10(11)7-8/h5-7H,2-4H2,1H3,(H2,11,12). The first kappa shape index (κ1) is 9.71. The Balaban J connectivity index is 2.66. The molecule has 0 aliphatic carbocycles. The zero-order valence-corrected chi connectivity index (χ0v) is 7.79. The summed E-state index contributed by atoms with van der Waals surface area (Å²) in [5.41, 5.74) is 6.13. The molecule has 0 amide bonds. The van der Waals surface area contributed by atoms with E-state index in [0.29, 0.717) is 17.8 Å². The lowest BCUT2D eigenvalue weighted by atomic mass is 10.1. The van der Waals surface area contributed by atoms with Gasteiger partial charge in [0.15, 0.2) is 5.78 Å². The monoisotopic (exact) mass is 178 g/mol. The molecule has 0 radical (unpaired) electrons.